The number of hydrogen-bond donors (Lipinski definition) is 0. The van der Waals surface area contributed by atoms with Crippen LogP contribution in [-0.4, -0.2) is 48.3 Å². The SMILES string of the molecule is COc1ccc(-c2noc(C3CCN(C(=O)Cc4ccccc4)CC3)n2)cc1OC. The number of amides is 1. The van der Waals surface area contributed by atoms with Gasteiger partial charge in [-0.3, -0.25) is 4.79 Å². The van der Waals surface area contributed by atoms with Gasteiger partial charge in [-0.15, -0.1) is 0 Å². The lowest BCUT2D eigenvalue weighted by molar-refractivity contribution is -0.131. The molecular weight excluding hydrogens is 382 g/mol. The van der Waals surface area contributed by atoms with Gasteiger partial charge in [0.05, 0.1) is 20.6 Å². The summed E-state index contributed by atoms with van der Waals surface area (Å²) in [5.74, 6) is 2.73. The lowest BCUT2D eigenvalue weighted by atomic mass is 9.96. The Balaban J connectivity index is 1.38. The number of hydrogen-bond acceptors (Lipinski definition) is 6. The van der Waals surface area contributed by atoms with Crippen molar-refractivity contribution >= 4 is 5.91 Å². The van der Waals surface area contributed by atoms with Crippen molar-refractivity contribution < 1.29 is 18.8 Å². The minimum atomic E-state index is 0.159. The molecule has 0 N–H and O–H groups in total. The number of ether oxygens (including phenoxy) is 2. The molecule has 1 saturated heterocycles. The van der Waals surface area contributed by atoms with Crippen molar-refractivity contribution in [3.8, 4) is 22.9 Å². The van der Waals surface area contributed by atoms with Gasteiger partial charge in [0.15, 0.2) is 11.5 Å². The maximum Gasteiger partial charge on any atom is 0.230 e. The highest BCUT2D eigenvalue weighted by atomic mass is 16.5. The van der Waals surface area contributed by atoms with E-state index in [1.165, 1.54) is 0 Å². The number of benzene rings is 2. The number of nitrogens with zero attached hydrogens (tertiary/aromatic N) is 3. The molecule has 2 heterocycles. The van der Waals surface area contributed by atoms with Crippen LogP contribution in [0.5, 0.6) is 11.5 Å². The van der Waals surface area contributed by atoms with E-state index in [2.05, 4.69) is 10.1 Å². The standard InChI is InChI=1S/C23H25N3O4/c1-28-19-9-8-18(15-20(19)29-2)22-24-23(30-25-22)17-10-12-26(13-11-17)21(27)14-16-6-4-3-5-7-16/h3-9,15,17H,10-14H2,1-2H3. The molecule has 1 aliphatic heterocycles. The topological polar surface area (TPSA) is 77.7 Å². The van der Waals surface area contributed by atoms with E-state index in [9.17, 15) is 4.79 Å². The fourth-order valence-electron chi connectivity index (χ4n) is 3.75. The Morgan fingerprint density at radius 1 is 1.07 bits per heavy atom. The summed E-state index contributed by atoms with van der Waals surface area (Å²) < 4.78 is 16.2. The minimum absolute atomic E-state index is 0.159. The highest BCUT2D eigenvalue weighted by Crippen LogP contribution is 2.33. The molecule has 1 amide bonds. The van der Waals surface area contributed by atoms with Crippen LogP contribution in [0.3, 0.4) is 0 Å². The highest BCUT2D eigenvalue weighted by Gasteiger charge is 2.27. The molecule has 0 atom stereocenters. The number of likely N-dealkylation sites (tertiary alicyclic amines) is 1. The van der Waals surface area contributed by atoms with Crippen molar-refractivity contribution in [2.24, 2.45) is 0 Å². The van der Waals surface area contributed by atoms with E-state index >= 15 is 0 Å². The molecule has 3 aromatic rings. The van der Waals surface area contributed by atoms with Gasteiger partial charge in [0, 0.05) is 24.6 Å². The smallest absolute Gasteiger partial charge is 0.230 e. The van der Waals surface area contributed by atoms with Crippen molar-refractivity contribution in [2.75, 3.05) is 27.3 Å². The zero-order valence-corrected chi connectivity index (χ0v) is 17.2. The van der Waals surface area contributed by atoms with E-state index in [1.54, 1.807) is 14.2 Å². The molecule has 156 valence electrons. The minimum Gasteiger partial charge on any atom is -0.493 e. The molecule has 7 heteroatoms. The monoisotopic (exact) mass is 407 g/mol. The number of carbonyl (C=O) groups is 1. The van der Waals surface area contributed by atoms with Crippen molar-refractivity contribution in [1.29, 1.82) is 0 Å². The molecule has 0 bridgehead atoms. The fraction of sp³-hybridized carbons (Fsp3) is 0.348. The Morgan fingerprint density at radius 3 is 2.50 bits per heavy atom. The van der Waals surface area contributed by atoms with Gasteiger partial charge >= 0.3 is 0 Å². The number of rotatable bonds is 6. The number of piperidine rings is 1. The Bertz CT molecular complexity index is 995. The molecule has 1 aliphatic rings. The first kappa shape index (κ1) is 19.9. The second kappa shape index (κ2) is 8.98. The molecule has 1 fully saturated rings. The maximum absolute atomic E-state index is 12.6. The van der Waals surface area contributed by atoms with Crippen LogP contribution in [0.4, 0.5) is 0 Å². The number of aromatic nitrogens is 2. The van der Waals surface area contributed by atoms with Gasteiger partial charge in [-0.1, -0.05) is 35.5 Å². The van der Waals surface area contributed by atoms with Crippen molar-refractivity contribution in [1.82, 2.24) is 15.0 Å². The molecule has 2 aromatic carbocycles. The predicted octanol–water partition coefficient (Wildman–Crippen LogP) is 3.70. The molecule has 7 nitrogen and oxygen atoms in total. The molecule has 0 unspecified atom stereocenters. The average Bonchev–Trinajstić information content (AvgIpc) is 3.29. The first-order chi connectivity index (χ1) is 14.7. The van der Waals surface area contributed by atoms with Gasteiger partial charge in [0.1, 0.15) is 0 Å². The molecule has 0 spiro atoms. The fourth-order valence-corrected chi connectivity index (χ4v) is 3.75. The van der Waals surface area contributed by atoms with Crippen LogP contribution in [0.2, 0.25) is 0 Å². The van der Waals surface area contributed by atoms with E-state index in [1.807, 2.05) is 53.4 Å². The summed E-state index contributed by atoms with van der Waals surface area (Å²) >= 11 is 0. The quantitative estimate of drug-likeness (QED) is 0.620. The summed E-state index contributed by atoms with van der Waals surface area (Å²) in [5.41, 5.74) is 1.85. The van der Waals surface area contributed by atoms with E-state index in [4.69, 9.17) is 14.0 Å². The highest BCUT2D eigenvalue weighted by molar-refractivity contribution is 5.78. The first-order valence-electron chi connectivity index (χ1n) is 10.1. The second-order valence-corrected chi connectivity index (χ2v) is 7.34. The van der Waals surface area contributed by atoms with E-state index in [-0.39, 0.29) is 11.8 Å². The van der Waals surface area contributed by atoms with Crippen molar-refractivity contribution in [3.63, 3.8) is 0 Å². The Labute approximate surface area is 175 Å². The third-order valence-corrected chi connectivity index (χ3v) is 5.48. The maximum atomic E-state index is 12.6. The summed E-state index contributed by atoms with van der Waals surface area (Å²) in [4.78, 5) is 19.1. The molecule has 0 saturated carbocycles. The molecular formula is C23H25N3O4. The normalized spacial score (nSPS) is 14.5. The molecule has 0 aliphatic carbocycles. The van der Waals surface area contributed by atoms with Crippen LogP contribution in [0, 0.1) is 0 Å². The second-order valence-electron chi connectivity index (χ2n) is 7.34. The van der Waals surface area contributed by atoms with Crippen LogP contribution in [0.25, 0.3) is 11.4 Å². The lowest BCUT2D eigenvalue weighted by Crippen LogP contribution is -2.38. The molecule has 4 rings (SSSR count). The lowest BCUT2D eigenvalue weighted by Gasteiger charge is -2.30. The van der Waals surface area contributed by atoms with Crippen LogP contribution in [0.15, 0.2) is 53.1 Å². The number of methoxy groups -OCH3 is 2. The van der Waals surface area contributed by atoms with E-state index < -0.39 is 0 Å². The summed E-state index contributed by atoms with van der Waals surface area (Å²) in [7, 11) is 3.19. The molecule has 0 radical (unpaired) electrons. The average molecular weight is 407 g/mol. The number of carbonyl (C=O) groups excluding carboxylic acids is 1. The van der Waals surface area contributed by atoms with Gasteiger partial charge in [0.25, 0.3) is 0 Å². The molecule has 30 heavy (non-hydrogen) atoms. The van der Waals surface area contributed by atoms with Gasteiger partial charge in [-0.05, 0) is 36.6 Å². The third kappa shape index (κ3) is 4.30. The molecule has 1 aromatic heterocycles. The summed E-state index contributed by atoms with van der Waals surface area (Å²) in [5, 5.41) is 4.14. The van der Waals surface area contributed by atoms with Gasteiger partial charge in [-0.2, -0.15) is 4.98 Å². The van der Waals surface area contributed by atoms with Crippen molar-refractivity contribution in [2.45, 2.75) is 25.2 Å². The summed E-state index contributed by atoms with van der Waals surface area (Å²) in [6, 6.07) is 15.4. The van der Waals surface area contributed by atoms with Gasteiger partial charge in [-0.25, -0.2) is 0 Å². The Hall–Kier alpha value is -3.35. The van der Waals surface area contributed by atoms with Crippen LogP contribution in [-0.2, 0) is 11.2 Å². The van der Waals surface area contributed by atoms with Gasteiger partial charge < -0.3 is 18.9 Å². The predicted molar refractivity (Wildman–Crippen MR) is 112 cm³/mol. The van der Waals surface area contributed by atoms with E-state index in [0.717, 1.165) is 24.0 Å². The van der Waals surface area contributed by atoms with Crippen LogP contribution in [0.1, 0.15) is 30.2 Å². The first-order valence-corrected chi connectivity index (χ1v) is 10.1. The summed E-state index contributed by atoms with van der Waals surface area (Å²) in [6.07, 6.45) is 2.07. The van der Waals surface area contributed by atoms with E-state index in [0.29, 0.717) is 42.7 Å². The van der Waals surface area contributed by atoms with Gasteiger partial charge in [0.2, 0.25) is 17.6 Å². The van der Waals surface area contributed by atoms with Crippen LogP contribution < -0.4 is 9.47 Å². The summed E-state index contributed by atoms with van der Waals surface area (Å²) in [6.45, 7) is 1.40. The largest absolute Gasteiger partial charge is 0.493 e. The van der Waals surface area contributed by atoms with Crippen LogP contribution >= 0.6 is 0 Å². The zero-order valence-electron chi connectivity index (χ0n) is 17.2. The van der Waals surface area contributed by atoms with Crippen molar-refractivity contribution in [3.05, 3.63) is 60.0 Å². The third-order valence-electron chi connectivity index (χ3n) is 5.48. The Kier molecular flexibility index (Phi) is 5.97. The Morgan fingerprint density at radius 2 is 1.80 bits per heavy atom. The zero-order chi connectivity index (χ0) is 20.9.